The summed E-state index contributed by atoms with van der Waals surface area (Å²) in [4.78, 5) is 27.1. The fourth-order valence-electron chi connectivity index (χ4n) is 3.44. The number of carbonyl (C=O) groups is 2. The first-order valence-corrected chi connectivity index (χ1v) is 11.9. The Labute approximate surface area is 195 Å². The van der Waals surface area contributed by atoms with E-state index in [0.29, 0.717) is 5.56 Å². The maximum Gasteiger partial charge on any atom is 0.295 e. The number of halogens is 1. The van der Waals surface area contributed by atoms with E-state index in [1.807, 2.05) is 0 Å². The van der Waals surface area contributed by atoms with Gasteiger partial charge in [-0.3, -0.25) is 9.59 Å². The summed E-state index contributed by atoms with van der Waals surface area (Å²) in [6, 6.07) is 11.8. The summed E-state index contributed by atoms with van der Waals surface area (Å²) in [6.07, 6.45) is 0. The van der Waals surface area contributed by atoms with Crippen molar-refractivity contribution in [2.24, 2.45) is 0 Å². The van der Waals surface area contributed by atoms with Gasteiger partial charge in [0.05, 0.1) is 23.1 Å². The summed E-state index contributed by atoms with van der Waals surface area (Å²) in [5.41, 5.74) is 0.822. The average Bonchev–Trinajstić information content (AvgIpc) is 3.02. The van der Waals surface area contributed by atoms with Gasteiger partial charge in [-0.1, -0.05) is 28.1 Å². The van der Waals surface area contributed by atoms with E-state index in [2.05, 4.69) is 15.9 Å². The molecule has 0 radical (unpaired) electrons. The van der Waals surface area contributed by atoms with Crippen molar-refractivity contribution in [3.8, 4) is 0 Å². The van der Waals surface area contributed by atoms with E-state index in [1.54, 1.807) is 24.3 Å². The Hall–Kier alpha value is -2.53. The summed E-state index contributed by atoms with van der Waals surface area (Å²) in [5, 5.41) is 11.0. The fraction of sp³-hybridized carbons (Fsp3) is 0.273. The van der Waals surface area contributed by atoms with E-state index in [9.17, 15) is 23.1 Å². The fourth-order valence-corrected chi connectivity index (χ4v) is 4.61. The summed E-state index contributed by atoms with van der Waals surface area (Å²) >= 11 is 3.37. The average molecular weight is 523 g/mol. The third kappa shape index (κ3) is 4.49. The lowest BCUT2D eigenvalue weighted by atomic mass is 9.95. The molecule has 2 aromatic carbocycles. The van der Waals surface area contributed by atoms with Crippen molar-refractivity contribution in [2.45, 2.75) is 10.9 Å². The number of amides is 1. The molecule has 0 bridgehead atoms. The van der Waals surface area contributed by atoms with Crippen LogP contribution in [0.15, 0.2) is 63.5 Å². The Morgan fingerprint density at radius 3 is 2.22 bits per heavy atom. The van der Waals surface area contributed by atoms with E-state index in [1.165, 1.54) is 50.4 Å². The lowest BCUT2D eigenvalue weighted by molar-refractivity contribution is -0.140. The van der Waals surface area contributed by atoms with Crippen LogP contribution < -0.4 is 0 Å². The quantitative estimate of drug-likeness (QED) is 0.340. The topological polar surface area (TPSA) is 104 Å². The minimum absolute atomic E-state index is 0.0454. The molecule has 1 N–H and O–H groups in total. The van der Waals surface area contributed by atoms with E-state index >= 15 is 0 Å². The van der Waals surface area contributed by atoms with Crippen LogP contribution in [0.5, 0.6) is 0 Å². The molecule has 8 nitrogen and oxygen atoms in total. The number of sulfonamides is 1. The van der Waals surface area contributed by atoms with E-state index in [-0.39, 0.29) is 34.9 Å². The number of ketones is 1. The second-order valence-corrected chi connectivity index (χ2v) is 10.4. The van der Waals surface area contributed by atoms with Crippen LogP contribution in [0.4, 0.5) is 0 Å². The first-order valence-electron chi connectivity index (χ1n) is 9.65. The molecule has 1 fully saturated rings. The predicted octanol–water partition coefficient (Wildman–Crippen LogP) is 2.77. The Bertz CT molecular complexity index is 1160. The molecule has 0 aliphatic carbocycles. The first-order chi connectivity index (χ1) is 15.1. The van der Waals surface area contributed by atoms with Gasteiger partial charge in [0.15, 0.2) is 0 Å². The van der Waals surface area contributed by atoms with Gasteiger partial charge in [0.1, 0.15) is 5.76 Å². The third-order valence-corrected chi connectivity index (χ3v) is 7.53. The Morgan fingerprint density at radius 2 is 1.69 bits per heavy atom. The summed E-state index contributed by atoms with van der Waals surface area (Å²) in [7, 11) is 0.687. The van der Waals surface area contributed by atoms with Crippen LogP contribution >= 0.6 is 15.9 Å². The molecule has 1 aliphatic rings. The number of carbonyl (C=O) groups excluding carboxylic acids is 2. The zero-order valence-electron chi connectivity index (χ0n) is 17.8. The maximum atomic E-state index is 12.9. The van der Waals surface area contributed by atoms with Crippen molar-refractivity contribution in [1.29, 1.82) is 0 Å². The number of benzene rings is 2. The second kappa shape index (κ2) is 9.53. The van der Waals surface area contributed by atoms with E-state index < -0.39 is 27.8 Å². The number of rotatable bonds is 7. The van der Waals surface area contributed by atoms with Crippen molar-refractivity contribution in [3.05, 3.63) is 69.7 Å². The first kappa shape index (κ1) is 24.1. The molecule has 1 saturated heterocycles. The van der Waals surface area contributed by atoms with Crippen LogP contribution in [0.2, 0.25) is 0 Å². The van der Waals surface area contributed by atoms with Crippen molar-refractivity contribution < 1.29 is 27.9 Å². The minimum Gasteiger partial charge on any atom is -0.507 e. The van der Waals surface area contributed by atoms with Crippen LogP contribution in [0.1, 0.15) is 17.2 Å². The van der Waals surface area contributed by atoms with Crippen LogP contribution in [-0.2, 0) is 24.3 Å². The number of aliphatic hydroxyl groups excluding tert-OH is 1. The molecule has 1 heterocycles. The van der Waals surface area contributed by atoms with Gasteiger partial charge in [-0.2, -0.15) is 0 Å². The summed E-state index contributed by atoms with van der Waals surface area (Å²) in [6.45, 7) is 0.385. The second-order valence-electron chi connectivity index (χ2n) is 7.35. The normalized spacial score (nSPS) is 18.5. The smallest absolute Gasteiger partial charge is 0.295 e. The molecule has 0 spiro atoms. The predicted molar refractivity (Wildman–Crippen MR) is 122 cm³/mol. The molecule has 1 aliphatic heterocycles. The lowest BCUT2D eigenvalue weighted by Gasteiger charge is -2.25. The molecule has 1 amide bonds. The van der Waals surface area contributed by atoms with Crippen molar-refractivity contribution >= 4 is 43.4 Å². The molecule has 10 heteroatoms. The largest absolute Gasteiger partial charge is 0.507 e. The third-order valence-electron chi connectivity index (χ3n) is 5.17. The van der Waals surface area contributed by atoms with Gasteiger partial charge in [-0.15, -0.1) is 0 Å². The Kier molecular flexibility index (Phi) is 7.19. The number of ether oxygens (including phenoxy) is 1. The molecular weight excluding hydrogens is 500 g/mol. The molecule has 0 saturated carbocycles. The number of hydrogen-bond donors (Lipinski definition) is 1. The molecule has 0 unspecified atom stereocenters. The van der Waals surface area contributed by atoms with Crippen molar-refractivity contribution in [1.82, 2.24) is 9.21 Å². The molecule has 2 aromatic rings. The van der Waals surface area contributed by atoms with E-state index in [0.717, 1.165) is 8.78 Å². The Morgan fingerprint density at radius 1 is 1.09 bits per heavy atom. The Balaban J connectivity index is 2.11. The highest BCUT2D eigenvalue weighted by Crippen LogP contribution is 2.39. The monoisotopic (exact) mass is 522 g/mol. The zero-order chi connectivity index (χ0) is 23.6. The molecule has 1 atom stereocenters. The zero-order valence-corrected chi connectivity index (χ0v) is 20.2. The van der Waals surface area contributed by atoms with Gasteiger partial charge in [-0.25, -0.2) is 12.7 Å². The molecule has 3 rings (SSSR count). The van der Waals surface area contributed by atoms with Gasteiger partial charge in [0, 0.05) is 37.8 Å². The number of nitrogens with zero attached hydrogens (tertiary/aromatic N) is 2. The van der Waals surface area contributed by atoms with Crippen LogP contribution in [0.3, 0.4) is 0 Å². The number of likely N-dealkylation sites (tertiary alicyclic amines) is 1. The van der Waals surface area contributed by atoms with Gasteiger partial charge < -0.3 is 14.7 Å². The molecule has 32 heavy (non-hydrogen) atoms. The molecule has 170 valence electrons. The number of Topliss-reactive ketones (excluding diaryl/α,β-unsaturated/α-hetero) is 1. The van der Waals surface area contributed by atoms with Crippen molar-refractivity contribution in [2.75, 3.05) is 34.4 Å². The number of hydrogen-bond acceptors (Lipinski definition) is 6. The van der Waals surface area contributed by atoms with Gasteiger partial charge >= 0.3 is 0 Å². The van der Waals surface area contributed by atoms with Crippen molar-refractivity contribution in [3.63, 3.8) is 0 Å². The standard InChI is InChI=1S/C22H23BrN2O6S/c1-24(2)32(29,30)17-10-6-15(7-11-17)20(26)18-19(14-4-8-16(23)9-5-14)25(12-13-31-3)22(28)21(18)27/h4-11,19,26H,12-13H2,1-3H3/b20-18+/t19-/m0/s1. The van der Waals surface area contributed by atoms with Gasteiger partial charge in [-0.05, 0) is 42.0 Å². The van der Waals surface area contributed by atoms with Gasteiger partial charge in [0.25, 0.3) is 11.7 Å². The van der Waals surface area contributed by atoms with Crippen LogP contribution in [-0.4, -0.2) is 68.8 Å². The van der Waals surface area contributed by atoms with Crippen LogP contribution in [0.25, 0.3) is 5.76 Å². The van der Waals surface area contributed by atoms with Gasteiger partial charge in [0.2, 0.25) is 10.0 Å². The number of methoxy groups -OCH3 is 1. The minimum atomic E-state index is -3.65. The summed E-state index contributed by atoms with van der Waals surface area (Å²) < 4.78 is 31.6. The lowest BCUT2D eigenvalue weighted by Crippen LogP contribution is -2.32. The SMILES string of the molecule is COCCN1C(=O)C(=O)/C(=C(/O)c2ccc(S(=O)(=O)N(C)C)cc2)[C@@H]1c1ccc(Br)cc1. The highest BCUT2D eigenvalue weighted by molar-refractivity contribution is 9.10. The molecular formula is C22H23BrN2O6S. The molecule has 0 aromatic heterocycles. The summed E-state index contributed by atoms with van der Waals surface area (Å²) in [5.74, 6) is -1.91. The van der Waals surface area contributed by atoms with Crippen LogP contribution in [0, 0.1) is 0 Å². The number of aliphatic hydroxyl groups is 1. The van der Waals surface area contributed by atoms with E-state index in [4.69, 9.17) is 4.74 Å². The highest BCUT2D eigenvalue weighted by atomic mass is 79.9. The highest BCUT2D eigenvalue weighted by Gasteiger charge is 2.45. The maximum absolute atomic E-state index is 12.9.